The zero-order valence-corrected chi connectivity index (χ0v) is 20.9. The first-order valence-electron chi connectivity index (χ1n) is 12.3. The maximum Gasteiger partial charge on any atom is 0.128 e. The molecule has 0 amide bonds. The third-order valence-electron chi connectivity index (χ3n) is 6.88. The van der Waals surface area contributed by atoms with E-state index in [1.165, 1.54) is 5.56 Å². The summed E-state index contributed by atoms with van der Waals surface area (Å²) in [5.41, 5.74) is 7.51. The summed E-state index contributed by atoms with van der Waals surface area (Å²) in [6.45, 7) is 6.74. The van der Waals surface area contributed by atoms with Crippen molar-refractivity contribution >= 4 is 11.3 Å². The molecule has 5 aromatic rings. The molecule has 0 bridgehead atoms. The van der Waals surface area contributed by atoms with E-state index in [2.05, 4.69) is 62.2 Å². The average molecular weight is 490 g/mol. The first-order valence-corrected chi connectivity index (χ1v) is 12.3. The third-order valence-corrected chi connectivity index (χ3v) is 6.88. The Labute approximate surface area is 215 Å². The number of nitrogens with zero attached hydrogens (tertiary/aromatic N) is 9. The molecule has 0 aromatic carbocycles. The molecule has 9 heteroatoms. The van der Waals surface area contributed by atoms with E-state index in [0.29, 0.717) is 5.56 Å². The first kappa shape index (κ1) is 22.9. The molecule has 1 aliphatic heterocycles. The van der Waals surface area contributed by atoms with E-state index >= 15 is 0 Å². The Bertz CT molecular complexity index is 1600. The molecule has 0 aliphatic carbocycles. The van der Waals surface area contributed by atoms with E-state index in [1.54, 1.807) is 15.4 Å². The molecule has 0 unspecified atom stereocenters. The predicted molar refractivity (Wildman–Crippen MR) is 142 cm³/mol. The van der Waals surface area contributed by atoms with Gasteiger partial charge in [0, 0.05) is 86.8 Å². The Kier molecular flexibility index (Phi) is 5.87. The monoisotopic (exact) mass is 489 g/mol. The summed E-state index contributed by atoms with van der Waals surface area (Å²) in [6.07, 6.45) is 11.1. The number of aromatic nitrogens is 6. The smallest absolute Gasteiger partial charge is 0.128 e. The highest BCUT2D eigenvalue weighted by Gasteiger charge is 2.20. The lowest BCUT2D eigenvalue weighted by molar-refractivity contribution is 0.246. The van der Waals surface area contributed by atoms with Gasteiger partial charge in [0.2, 0.25) is 0 Å². The van der Waals surface area contributed by atoms with Crippen LogP contribution in [0.2, 0.25) is 0 Å². The number of hydrogen-bond donors (Lipinski definition) is 0. The van der Waals surface area contributed by atoms with Gasteiger partial charge in [0.1, 0.15) is 11.9 Å². The molecule has 0 atom stereocenters. The molecular weight excluding hydrogens is 462 g/mol. The van der Waals surface area contributed by atoms with Gasteiger partial charge in [-0.15, -0.1) is 0 Å². The van der Waals surface area contributed by atoms with Crippen LogP contribution in [0.5, 0.6) is 0 Å². The van der Waals surface area contributed by atoms with Gasteiger partial charge in [0.05, 0.1) is 29.2 Å². The fourth-order valence-corrected chi connectivity index (χ4v) is 4.93. The van der Waals surface area contributed by atoms with Crippen molar-refractivity contribution in [1.29, 1.82) is 5.26 Å². The van der Waals surface area contributed by atoms with Gasteiger partial charge in [0.25, 0.3) is 0 Å². The topological polar surface area (TPSA) is 91.2 Å². The van der Waals surface area contributed by atoms with Gasteiger partial charge >= 0.3 is 0 Å². The van der Waals surface area contributed by atoms with Crippen molar-refractivity contribution in [3.05, 3.63) is 84.3 Å². The lowest BCUT2D eigenvalue weighted by atomic mass is 10.0. The van der Waals surface area contributed by atoms with E-state index in [-0.39, 0.29) is 0 Å². The predicted octanol–water partition coefficient (Wildman–Crippen LogP) is 3.69. The molecule has 1 fully saturated rings. The van der Waals surface area contributed by atoms with Crippen LogP contribution in [0.3, 0.4) is 0 Å². The Morgan fingerprint density at radius 3 is 2.46 bits per heavy atom. The fourth-order valence-electron chi connectivity index (χ4n) is 4.93. The van der Waals surface area contributed by atoms with Gasteiger partial charge in [-0.1, -0.05) is 0 Å². The normalized spacial score (nSPS) is 14.2. The Balaban J connectivity index is 1.23. The van der Waals surface area contributed by atoms with E-state index in [9.17, 15) is 5.26 Å². The van der Waals surface area contributed by atoms with Crippen LogP contribution < -0.4 is 4.90 Å². The molecule has 6 heterocycles. The highest BCUT2D eigenvalue weighted by atomic mass is 15.3. The molecule has 0 radical (unpaired) electrons. The molecule has 6 rings (SSSR count). The van der Waals surface area contributed by atoms with Gasteiger partial charge in [-0.2, -0.15) is 15.5 Å². The highest BCUT2D eigenvalue weighted by Crippen LogP contribution is 2.32. The second-order valence-corrected chi connectivity index (χ2v) is 9.50. The lowest BCUT2D eigenvalue weighted by Crippen LogP contribution is -2.46. The van der Waals surface area contributed by atoms with Gasteiger partial charge in [0.15, 0.2) is 0 Å². The van der Waals surface area contributed by atoms with Crippen molar-refractivity contribution in [2.24, 2.45) is 7.05 Å². The number of fused-ring (bicyclic) bond motifs is 1. The molecule has 37 heavy (non-hydrogen) atoms. The molecule has 0 spiro atoms. The van der Waals surface area contributed by atoms with Gasteiger partial charge in [-0.05, 0) is 42.8 Å². The van der Waals surface area contributed by atoms with Crippen molar-refractivity contribution in [3.63, 3.8) is 0 Å². The molecule has 0 saturated carbocycles. The van der Waals surface area contributed by atoms with Gasteiger partial charge in [-0.3, -0.25) is 14.6 Å². The number of aryl methyl sites for hydroxylation is 2. The zero-order valence-electron chi connectivity index (χ0n) is 20.9. The number of anilines is 1. The van der Waals surface area contributed by atoms with Crippen LogP contribution in [0, 0.1) is 18.3 Å². The summed E-state index contributed by atoms with van der Waals surface area (Å²) in [5.74, 6) is 0.963. The maximum atomic E-state index is 9.68. The summed E-state index contributed by atoms with van der Waals surface area (Å²) in [7, 11) is 1.90. The molecular formula is C28H27N9. The first-order chi connectivity index (χ1) is 18.1. The van der Waals surface area contributed by atoms with Crippen LogP contribution in [-0.4, -0.2) is 60.4 Å². The molecule has 0 N–H and O–H groups in total. The Morgan fingerprint density at radius 1 is 0.892 bits per heavy atom. The van der Waals surface area contributed by atoms with Gasteiger partial charge < -0.3 is 4.90 Å². The molecule has 9 nitrogen and oxygen atoms in total. The summed E-state index contributed by atoms with van der Waals surface area (Å²) < 4.78 is 3.54. The zero-order chi connectivity index (χ0) is 25.4. The number of nitriles is 1. The van der Waals surface area contributed by atoms with Crippen LogP contribution in [0.15, 0.2) is 67.5 Å². The minimum atomic E-state index is 0.538. The standard InChI is InChI=1S/C28H27N9/c1-20-5-6-30-25(11-20)19-35-7-9-36(10-8-35)27-4-3-21(14-31-27)26-12-22(24-16-32-34(2)17-24)18-37-28(26)23(13-29)15-33-37/h3-6,11-12,14-18H,7-10,19H2,1-2H3. The number of hydrogen-bond acceptors (Lipinski definition) is 7. The summed E-state index contributed by atoms with van der Waals surface area (Å²) in [6, 6.07) is 12.7. The van der Waals surface area contributed by atoms with Crippen LogP contribution in [0.25, 0.3) is 27.8 Å². The van der Waals surface area contributed by atoms with Crippen molar-refractivity contribution < 1.29 is 0 Å². The highest BCUT2D eigenvalue weighted by molar-refractivity contribution is 5.87. The van der Waals surface area contributed by atoms with E-state index in [4.69, 9.17) is 4.98 Å². The quantitative estimate of drug-likeness (QED) is 0.372. The average Bonchev–Trinajstić information content (AvgIpc) is 3.55. The van der Waals surface area contributed by atoms with Gasteiger partial charge in [-0.25, -0.2) is 9.50 Å². The number of pyridine rings is 3. The third kappa shape index (κ3) is 4.55. The van der Waals surface area contributed by atoms with Crippen LogP contribution in [0.1, 0.15) is 16.8 Å². The van der Waals surface area contributed by atoms with E-state index in [0.717, 1.165) is 72.0 Å². The van der Waals surface area contributed by atoms with E-state index < -0.39 is 0 Å². The number of rotatable bonds is 5. The minimum absolute atomic E-state index is 0.538. The second kappa shape index (κ2) is 9.48. The van der Waals surface area contributed by atoms with Crippen LogP contribution in [0.4, 0.5) is 5.82 Å². The van der Waals surface area contributed by atoms with Crippen molar-refractivity contribution in [1.82, 2.24) is 34.3 Å². The molecule has 1 saturated heterocycles. The van der Waals surface area contributed by atoms with Crippen molar-refractivity contribution in [2.45, 2.75) is 13.5 Å². The molecule has 5 aromatic heterocycles. The fraction of sp³-hybridized carbons (Fsp3) is 0.250. The largest absolute Gasteiger partial charge is 0.354 e. The SMILES string of the molecule is Cc1ccnc(CN2CCN(c3ccc(-c4cc(-c5cnn(C)c5)cn5ncc(C#N)c45)cn3)CC2)c1. The Hall–Kier alpha value is -4.55. The van der Waals surface area contributed by atoms with Crippen molar-refractivity contribution in [3.8, 4) is 28.3 Å². The number of piperazine rings is 1. The molecule has 1 aliphatic rings. The van der Waals surface area contributed by atoms with Crippen LogP contribution in [-0.2, 0) is 13.6 Å². The summed E-state index contributed by atoms with van der Waals surface area (Å²) >= 11 is 0. The van der Waals surface area contributed by atoms with Crippen molar-refractivity contribution in [2.75, 3.05) is 31.1 Å². The minimum Gasteiger partial charge on any atom is -0.354 e. The maximum absolute atomic E-state index is 9.68. The van der Waals surface area contributed by atoms with E-state index in [1.807, 2.05) is 44.1 Å². The summed E-state index contributed by atoms with van der Waals surface area (Å²) in [4.78, 5) is 14.1. The Morgan fingerprint density at radius 2 is 1.76 bits per heavy atom. The molecule has 184 valence electrons. The lowest BCUT2D eigenvalue weighted by Gasteiger charge is -2.35. The van der Waals surface area contributed by atoms with Crippen LogP contribution >= 0.6 is 0 Å². The second-order valence-electron chi connectivity index (χ2n) is 9.50. The summed E-state index contributed by atoms with van der Waals surface area (Å²) in [5, 5.41) is 18.4.